The van der Waals surface area contributed by atoms with Gasteiger partial charge in [0.15, 0.2) is 6.61 Å². The van der Waals surface area contributed by atoms with Gasteiger partial charge in [-0.3, -0.25) is 4.79 Å². The summed E-state index contributed by atoms with van der Waals surface area (Å²) in [5.74, 6) is 1.78. The smallest absolute Gasteiger partial charge is 0.257 e. The van der Waals surface area contributed by atoms with Crippen molar-refractivity contribution in [3.8, 4) is 5.75 Å². The van der Waals surface area contributed by atoms with E-state index in [2.05, 4.69) is 24.1 Å². The molecule has 1 aromatic heterocycles. The Hall–Kier alpha value is -1.72. The SMILES string of the molecule is CCN(CC)CCCNC(=O)COc1ccc2oc3c(c2c1)CCCC3.Cl. The minimum Gasteiger partial charge on any atom is -0.484 e. The van der Waals surface area contributed by atoms with Crippen LogP contribution in [0, 0.1) is 0 Å². The quantitative estimate of drug-likeness (QED) is 0.654. The number of hydrogen-bond donors (Lipinski definition) is 1. The van der Waals surface area contributed by atoms with Crippen molar-refractivity contribution in [1.29, 1.82) is 0 Å². The average Bonchev–Trinajstić information content (AvgIpc) is 3.04. The van der Waals surface area contributed by atoms with Crippen molar-refractivity contribution in [2.24, 2.45) is 0 Å². The van der Waals surface area contributed by atoms with Crippen molar-refractivity contribution in [3.05, 3.63) is 29.5 Å². The number of rotatable bonds is 9. The molecule has 1 aromatic carbocycles. The molecule has 0 fully saturated rings. The van der Waals surface area contributed by atoms with Gasteiger partial charge in [0.05, 0.1) is 0 Å². The number of carbonyl (C=O) groups excluding carboxylic acids is 1. The Morgan fingerprint density at radius 1 is 1.22 bits per heavy atom. The number of nitrogens with one attached hydrogen (secondary N) is 1. The van der Waals surface area contributed by atoms with Gasteiger partial charge in [0.25, 0.3) is 5.91 Å². The highest BCUT2D eigenvalue weighted by molar-refractivity contribution is 5.85. The van der Waals surface area contributed by atoms with Gasteiger partial charge in [0.2, 0.25) is 0 Å². The first kappa shape index (κ1) is 21.6. The zero-order chi connectivity index (χ0) is 18.4. The maximum absolute atomic E-state index is 12.0. The highest BCUT2D eigenvalue weighted by Crippen LogP contribution is 2.33. The number of nitrogens with zero attached hydrogens (tertiary/aromatic N) is 1. The highest BCUT2D eigenvalue weighted by atomic mass is 35.5. The second-order valence-corrected chi connectivity index (χ2v) is 6.89. The standard InChI is InChI=1S/C21H30N2O3.ClH/c1-3-23(4-2)13-7-12-22-21(24)15-25-16-10-11-20-18(14-16)17-8-5-6-9-19(17)26-20;/h10-11,14H,3-9,12-13,15H2,1-2H3,(H,22,24);1H. The third-order valence-electron chi connectivity index (χ3n) is 5.16. The van der Waals surface area contributed by atoms with Gasteiger partial charge < -0.3 is 19.4 Å². The predicted molar refractivity (Wildman–Crippen MR) is 111 cm³/mol. The molecule has 5 nitrogen and oxygen atoms in total. The van der Waals surface area contributed by atoms with E-state index in [-0.39, 0.29) is 24.9 Å². The molecule has 0 aliphatic heterocycles. The van der Waals surface area contributed by atoms with Crippen LogP contribution in [0.3, 0.4) is 0 Å². The Kier molecular flexibility index (Phi) is 8.45. The molecule has 0 spiro atoms. The van der Waals surface area contributed by atoms with E-state index in [1.807, 2.05) is 18.2 Å². The molecule has 0 radical (unpaired) electrons. The summed E-state index contributed by atoms with van der Waals surface area (Å²) in [5, 5.41) is 4.07. The van der Waals surface area contributed by atoms with Crippen LogP contribution >= 0.6 is 12.4 Å². The second kappa shape index (κ2) is 10.6. The molecule has 0 bridgehead atoms. The number of fused-ring (bicyclic) bond motifs is 3. The van der Waals surface area contributed by atoms with Crippen LogP contribution in [-0.4, -0.2) is 43.6 Å². The average molecular weight is 395 g/mol. The Bertz CT molecular complexity index is 740. The number of aryl methyl sites for hydroxylation is 2. The van der Waals surface area contributed by atoms with Crippen LogP contribution in [0.5, 0.6) is 5.75 Å². The molecule has 150 valence electrons. The monoisotopic (exact) mass is 394 g/mol. The number of ether oxygens (including phenoxy) is 1. The summed E-state index contributed by atoms with van der Waals surface area (Å²) in [6.07, 6.45) is 5.46. The van der Waals surface area contributed by atoms with Gasteiger partial charge in [0.1, 0.15) is 17.1 Å². The fourth-order valence-corrected chi connectivity index (χ4v) is 3.60. The molecule has 0 saturated heterocycles. The van der Waals surface area contributed by atoms with Crippen molar-refractivity contribution >= 4 is 29.3 Å². The summed E-state index contributed by atoms with van der Waals surface area (Å²) in [4.78, 5) is 14.3. The Morgan fingerprint density at radius 3 is 2.78 bits per heavy atom. The number of halogens is 1. The largest absolute Gasteiger partial charge is 0.484 e. The summed E-state index contributed by atoms with van der Waals surface area (Å²) in [5.41, 5.74) is 2.24. The predicted octanol–water partition coefficient (Wildman–Crippen LogP) is 3.96. The molecule has 0 unspecified atom stereocenters. The lowest BCUT2D eigenvalue weighted by Gasteiger charge is -2.17. The number of amides is 1. The van der Waals surface area contributed by atoms with Crippen LogP contribution in [0.4, 0.5) is 0 Å². The molecule has 3 rings (SSSR count). The van der Waals surface area contributed by atoms with E-state index in [0.29, 0.717) is 6.54 Å². The Balaban J connectivity index is 0.00000261. The molecule has 27 heavy (non-hydrogen) atoms. The van der Waals surface area contributed by atoms with Gasteiger partial charge in [-0.05, 0) is 63.5 Å². The molecule has 2 aromatic rings. The van der Waals surface area contributed by atoms with Crippen molar-refractivity contribution in [1.82, 2.24) is 10.2 Å². The zero-order valence-electron chi connectivity index (χ0n) is 16.4. The van der Waals surface area contributed by atoms with Crippen molar-refractivity contribution in [3.63, 3.8) is 0 Å². The molecule has 1 aliphatic carbocycles. The van der Waals surface area contributed by atoms with Crippen LogP contribution in [-0.2, 0) is 17.6 Å². The first-order valence-electron chi connectivity index (χ1n) is 9.87. The molecule has 6 heteroatoms. The van der Waals surface area contributed by atoms with Crippen molar-refractivity contribution in [2.75, 3.05) is 32.8 Å². The summed E-state index contributed by atoms with van der Waals surface area (Å²) in [7, 11) is 0. The molecule has 1 N–H and O–H groups in total. The van der Waals surface area contributed by atoms with Crippen LogP contribution in [0.25, 0.3) is 11.0 Å². The van der Waals surface area contributed by atoms with E-state index in [9.17, 15) is 4.79 Å². The van der Waals surface area contributed by atoms with Gasteiger partial charge in [-0.15, -0.1) is 12.4 Å². The molecule has 0 atom stereocenters. The van der Waals surface area contributed by atoms with Crippen LogP contribution < -0.4 is 10.1 Å². The summed E-state index contributed by atoms with van der Waals surface area (Å²) >= 11 is 0. The molecule has 1 amide bonds. The fraction of sp³-hybridized carbons (Fsp3) is 0.571. The van der Waals surface area contributed by atoms with Crippen LogP contribution in [0.15, 0.2) is 22.6 Å². The lowest BCUT2D eigenvalue weighted by molar-refractivity contribution is -0.123. The van der Waals surface area contributed by atoms with E-state index >= 15 is 0 Å². The van der Waals surface area contributed by atoms with Gasteiger partial charge in [-0.25, -0.2) is 0 Å². The molecule has 1 heterocycles. The van der Waals surface area contributed by atoms with E-state index in [4.69, 9.17) is 9.15 Å². The first-order valence-corrected chi connectivity index (χ1v) is 9.87. The van der Waals surface area contributed by atoms with E-state index in [1.54, 1.807) is 0 Å². The Morgan fingerprint density at radius 2 is 2.00 bits per heavy atom. The zero-order valence-corrected chi connectivity index (χ0v) is 17.2. The number of carbonyl (C=O) groups is 1. The summed E-state index contributed by atoms with van der Waals surface area (Å²) in [6.45, 7) is 8.16. The van der Waals surface area contributed by atoms with Gasteiger partial charge in [-0.2, -0.15) is 0 Å². The van der Waals surface area contributed by atoms with Crippen LogP contribution in [0.1, 0.15) is 44.4 Å². The fourth-order valence-electron chi connectivity index (χ4n) is 3.60. The van der Waals surface area contributed by atoms with Gasteiger partial charge >= 0.3 is 0 Å². The van der Waals surface area contributed by atoms with E-state index in [0.717, 1.165) is 61.4 Å². The minimum atomic E-state index is -0.0705. The third kappa shape index (κ3) is 5.63. The second-order valence-electron chi connectivity index (χ2n) is 6.89. The van der Waals surface area contributed by atoms with Crippen LogP contribution in [0.2, 0.25) is 0 Å². The summed E-state index contributed by atoms with van der Waals surface area (Å²) < 4.78 is 11.6. The lowest BCUT2D eigenvalue weighted by Crippen LogP contribution is -2.32. The first-order chi connectivity index (χ1) is 12.7. The molecular formula is C21H31ClN2O3. The molecule has 1 aliphatic rings. The van der Waals surface area contributed by atoms with Gasteiger partial charge in [0, 0.05) is 23.9 Å². The maximum Gasteiger partial charge on any atom is 0.257 e. The van der Waals surface area contributed by atoms with Crippen molar-refractivity contribution < 1.29 is 13.9 Å². The number of furan rings is 1. The topological polar surface area (TPSA) is 54.7 Å². The van der Waals surface area contributed by atoms with E-state index in [1.165, 1.54) is 18.4 Å². The molecule has 0 saturated carbocycles. The summed E-state index contributed by atoms with van der Waals surface area (Å²) in [6, 6.07) is 5.84. The number of hydrogen-bond acceptors (Lipinski definition) is 4. The normalized spacial score (nSPS) is 13.3. The van der Waals surface area contributed by atoms with E-state index < -0.39 is 0 Å². The third-order valence-corrected chi connectivity index (χ3v) is 5.16. The number of benzene rings is 1. The lowest BCUT2D eigenvalue weighted by atomic mass is 9.96. The highest BCUT2D eigenvalue weighted by Gasteiger charge is 2.18. The Labute approximate surface area is 167 Å². The minimum absolute atomic E-state index is 0. The van der Waals surface area contributed by atoms with Crippen molar-refractivity contribution in [2.45, 2.75) is 46.0 Å². The maximum atomic E-state index is 12.0. The molecular weight excluding hydrogens is 364 g/mol. The van der Waals surface area contributed by atoms with Gasteiger partial charge in [-0.1, -0.05) is 13.8 Å².